The minimum Gasteiger partial charge on any atom is -0.397 e. The highest BCUT2D eigenvalue weighted by Gasteiger charge is 2.21. The van der Waals surface area contributed by atoms with E-state index in [9.17, 15) is 4.39 Å². The second-order valence-electron chi connectivity index (χ2n) is 8.01. The monoisotopic (exact) mass is 436 g/mol. The van der Waals surface area contributed by atoms with E-state index >= 15 is 0 Å². The van der Waals surface area contributed by atoms with Gasteiger partial charge in [-0.1, -0.05) is 37.4 Å². The Morgan fingerprint density at radius 3 is 2.77 bits per heavy atom. The lowest BCUT2D eigenvalue weighted by molar-refractivity contribution is 0.282. The molecular formula is C23H22ClFN6. The second kappa shape index (κ2) is 7.81. The Labute approximate surface area is 184 Å². The van der Waals surface area contributed by atoms with Crippen LogP contribution in [0.5, 0.6) is 0 Å². The first-order valence-corrected chi connectivity index (χ1v) is 10.7. The van der Waals surface area contributed by atoms with Crippen molar-refractivity contribution in [2.24, 2.45) is 11.7 Å². The lowest BCUT2D eigenvalue weighted by Crippen LogP contribution is -2.14. The van der Waals surface area contributed by atoms with Crippen molar-refractivity contribution in [3.8, 4) is 22.6 Å². The van der Waals surface area contributed by atoms with Gasteiger partial charge in [0, 0.05) is 12.1 Å². The van der Waals surface area contributed by atoms with Crippen molar-refractivity contribution in [2.45, 2.75) is 32.2 Å². The van der Waals surface area contributed by atoms with Crippen molar-refractivity contribution in [3.63, 3.8) is 0 Å². The average Bonchev–Trinajstić information content (AvgIpc) is 3.32. The van der Waals surface area contributed by atoms with Crippen molar-refractivity contribution < 1.29 is 4.39 Å². The summed E-state index contributed by atoms with van der Waals surface area (Å²) in [5.74, 6) is 0.302. The van der Waals surface area contributed by atoms with Crippen LogP contribution >= 0.6 is 11.6 Å². The molecule has 1 aliphatic carbocycles. The van der Waals surface area contributed by atoms with Crippen LogP contribution in [0.25, 0.3) is 34.0 Å². The third-order valence-electron chi connectivity index (χ3n) is 5.97. The molecule has 31 heavy (non-hydrogen) atoms. The van der Waals surface area contributed by atoms with E-state index in [-0.39, 0.29) is 5.02 Å². The predicted octanol–water partition coefficient (Wildman–Crippen LogP) is 5.17. The molecule has 0 saturated heterocycles. The molecule has 3 aromatic heterocycles. The molecule has 0 spiro atoms. The average molecular weight is 437 g/mol. The fourth-order valence-corrected chi connectivity index (χ4v) is 4.18. The van der Waals surface area contributed by atoms with E-state index in [0.717, 1.165) is 35.8 Å². The molecule has 1 aliphatic rings. The van der Waals surface area contributed by atoms with Crippen LogP contribution in [0, 0.1) is 11.7 Å². The predicted molar refractivity (Wildman–Crippen MR) is 120 cm³/mol. The van der Waals surface area contributed by atoms with Gasteiger partial charge < -0.3 is 10.3 Å². The first-order valence-electron chi connectivity index (χ1n) is 10.3. The molecule has 1 aromatic carbocycles. The number of benzene rings is 1. The van der Waals surface area contributed by atoms with Gasteiger partial charge in [-0.15, -0.1) is 0 Å². The Morgan fingerprint density at radius 1 is 1.23 bits per heavy atom. The Kier molecular flexibility index (Phi) is 4.98. The van der Waals surface area contributed by atoms with Crippen molar-refractivity contribution >= 4 is 22.9 Å². The summed E-state index contributed by atoms with van der Waals surface area (Å²) in [6.07, 6.45) is 8.44. The quantitative estimate of drug-likeness (QED) is 0.452. The molecule has 0 radical (unpaired) electrons. The van der Waals surface area contributed by atoms with E-state index < -0.39 is 5.82 Å². The third kappa shape index (κ3) is 3.59. The molecule has 0 aliphatic heterocycles. The topological polar surface area (TPSA) is 74.0 Å². The largest absolute Gasteiger partial charge is 0.397 e. The molecule has 2 N–H and O–H groups in total. The maximum atomic E-state index is 13.8. The Bertz CT molecular complexity index is 1290. The van der Waals surface area contributed by atoms with Crippen molar-refractivity contribution in [3.05, 3.63) is 66.0 Å². The number of halogens is 2. The third-order valence-corrected chi connectivity index (χ3v) is 6.26. The van der Waals surface area contributed by atoms with Gasteiger partial charge in [-0.05, 0) is 42.7 Å². The number of rotatable bonds is 6. The molecular weight excluding hydrogens is 415 g/mol. The van der Waals surface area contributed by atoms with Crippen LogP contribution in [-0.2, 0) is 6.54 Å². The zero-order valence-electron chi connectivity index (χ0n) is 16.9. The van der Waals surface area contributed by atoms with Crippen LogP contribution in [0.15, 0.2) is 49.4 Å². The molecule has 6 nitrogen and oxygen atoms in total. The molecule has 0 amide bonds. The lowest BCUT2D eigenvalue weighted by Gasteiger charge is -2.25. The number of imidazole rings is 2. The number of fused-ring (bicyclic) bond motifs is 1. The van der Waals surface area contributed by atoms with E-state index in [1.54, 1.807) is 22.8 Å². The fraction of sp³-hybridized carbons (Fsp3) is 0.261. The van der Waals surface area contributed by atoms with E-state index in [0.29, 0.717) is 22.7 Å². The summed E-state index contributed by atoms with van der Waals surface area (Å²) in [6, 6.07) is 8.45. The van der Waals surface area contributed by atoms with E-state index in [1.165, 1.54) is 25.3 Å². The summed E-state index contributed by atoms with van der Waals surface area (Å²) in [4.78, 5) is 9.00. The Morgan fingerprint density at radius 2 is 2.06 bits per heavy atom. The van der Waals surface area contributed by atoms with Gasteiger partial charge in [0.1, 0.15) is 17.2 Å². The first-order chi connectivity index (χ1) is 15.0. The lowest BCUT2D eigenvalue weighted by atomic mass is 9.83. The van der Waals surface area contributed by atoms with Crippen LogP contribution in [0.3, 0.4) is 0 Å². The summed E-state index contributed by atoms with van der Waals surface area (Å²) >= 11 is 6.06. The normalized spacial score (nSPS) is 14.1. The smallest absolute Gasteiger partial charge is 0.154 e. The SMILES string of the molecule is C=C(N)c1cnc2ccc(-c3c(-c4ccc(F)c(Cl)c4)ncn3CCC3CCC3)nn12. The van der Waals surface area contributed by atoms with Crippen molar-refractivity contribution in [1.29, 1.82) is 0 Å². The van der Waals surface area contributed by atoms with Gasteiger partial charge in [-0.25, -0.2) is 18.9 Å². The molecule has 8 heteroatoms. The van der Waals surface area contributed by atoms with Gasteiger partial charge in [0.2, 0.25) is 0 Å². The van der Waals surface area contributed by atoms with Gasteiger partial charge in [0.15, 0.2) is 5.65 Å². The van der Waals surface area contributed by atoms with Gasteiger partial charge in [-0.3, -0.25) is 0 Å². The molecule has 5 rings (SSSR count). The molecule has 1 saturated carbocycles. The standard InChI is InChI=1S/C23H22ClFN6/c1-14(26)20-12-27-21-8-7-19(29-31(20)21)23-22(16-5-6-18(25)17(24)11-16)28-13-30(23)10-9-15-3-2-4-15/h5-8,11-13,15H,1-4,9-10,26H2. The minimum atomic E-state index is -0.458. The van der Waals surface area contributed by atoms with Gasteiger partial charge >= 0.3 is 0 Å². The van der Waals surface area contributed by atoms with E-state index in [2.05, 4.69) is 21.1 Å². The number of hydrogen-bond donors (Lipinski definition) is 1. The van der Waals surface area contributed by atoms with Gasteiger partial charge in [0.05, 0.1) is 34.6 Å². The van der Waals surface area contributed by atoms with Crippen molar-refractivity contribution in [1.82, 2.24) is 24.1 Å². The van der Waals surface area contributed by atoms with Crippen LogP contribution in [-0.4, -0.2) is 24.1 Å². The Balaban J connectivity index is 1.64. The zero-order valence-corrected chi connectivity index (χ0v) is 17.7. The van der Waals surface area contributed by atoms with Crippen LogP contribution < -0.4 is 5.73 Å². The number of nitrogens with two attached hydrogens (primary N) is 1. The summed E-state index contributed by atoms with van der Waals surface area (Å²) in [5, 5.41) is 4.85. The van der Waals surface area contributed by atoms with Crippen molar-refractivity contribution in [2.75, 3.05) is 0 Å². The summed E-state index contributed by atoms with van der Waals surface area (Å²) in [7, 11) is 0. The molecule has 3 heterocycles. The summed E-state index contributed by atoms with van der Waals surface area (Å²) < 4.78 is 17.6. The first kappa shape index (κ1) is 19.8. The van der Waals surface area contributed by atoms with Crippen LogP contribution in [0.4, 0.5) is 4.39 Å². The zero-order chi connectivity index (χ0) is 21.5. The highest BCUT2D eigenvalue weighted by Crippen LogP contribution is 2.34. The maximum Gasteiger partial charge on any atom is 0.154 e. The maximum absolute atomic E-state index is 13.8. The highest BCUT2D eigenvalue weighted by atomic mass is 35.5. The highest BCUT2D eigenvalue weighted by molar-refractivity contribution is 6.31. The summed E-state index contributed by atoms with van der Waals surface area (Å²) in [5.41, 5.74) is 10.6. The van der Waals surface area contributed by atoms with Crippen LogP contribution in [0.1, 0.15) is 31.4 Å². The molecule has 158 valence electrons. The molecule has 4 aromatic rings. The molecule has 1 fully saturated rings. The van der Waals surface area contributed by atoms with Gasteiger partial charge in [0.25, 0.3) is 0 Å². The van der Waals surface area contributed by atoms with E-state index in [4.69, 9.17) is 22.4 Å². The Hall–Kier alpha value is -3.19. The minimum absolute atomic E-state index is 0.0622. The van der Waals surface area contributed by atoms with Crippen LogP contribution in [0.2, 0.25) is 5.02 Å². The number of hydrogen-bond acceptors (Lipinski definition) is 4. The fourth-order valence-electron chi connectivity index (χ4n) is 4.00. The number of nitrogens with zero attached hydrogens (tertiary/aromatic N) is 5. The van der Waals surface area contributed by atoms with E-state index in [1.807, 2.05) is 18.5 Å². The number of aromatic nitrogens is 5. The second-order valence-corrected chi connectivity index (χ2v) is 8.41. The summed E-state index contributed by atoms with van der Waals surface area (Å²) in [6.45, 7) is 4.65. The van der Waals surface area contributed by atoms with Gasteiger partial charge in [-0.2, -0.15) is 5.10 Å². The molecule has 0 unspecified atom stereocenters. The molecule has 0 atom stereocenters. The number of aryl methyl sites for hydroxylation is 1. The molecule has 0 bridgehead atoms.